The molecule has 3 N–H and O–H groups in total. The number of aliphatic hydroxyl groups excluding tert-OH is 1. The molecule has 0 aromatic carbocycles. The van der Waals surface area contributed by atoms with E-state index < -0.39 is 97.5 Å². The monoisotopic (exact) mass is 1380 g/mol. The number of phosphoric acid groups is 2. The summed E-state index contributed by atoms with van der Waals surface area (Å²) in [4.78, 5) is 72.6. The Labute approximate surface area is 575 Å². The zero-order valence-electron chi connectivity index (χ0n) is 61.3. The van der Waals surface area contributed by atoms with Gasteiger partial charge in [-0.25, -0.2) is 9.13 Å². The molecule has 17 nitrogen and oxygen atoms in total. The van der Waals surface area contributed by atoms with Crippen molar-refractivity contribution in [3.05, 3.63) is 0 Å². The number of hydrogen-bond acceptors (Lipinski definition) is 15. The lowest BCUT2D eigenvalue weighted by atomic mass is 9.99. The lowest BCUT2D eigenvalue weighted by molar-refractivity contribution is -0.161. The van der Waals surface area contributed by atoms with Crippen LogP contribution in [0, 0.1) is 11.8 Å². The van der Waals surface area contributed by atoms with E-state index in [0.29, 0.717) is 25.7 Å². The first-order valence-corrected chi connectivity index (χ1v) is 42.0. The van der Waals surface area contributed by atoms with E-state index in [2.05, 4.69) is 41.5 Å². The Morgan fingerprint density at radius 3 is 0.809 bits per heavy atom. The second kappa shape index (κ2) is 66.9. The molecule has 0 spiro atoms. The molecule has 0 amide bonds. The average Bonchev–Trinajstić information content (AvgIpc) is 1.40. The van der Waals surface area contributed by atoms with Gasteiger partial charge in [-0.1, -0.05) is 337 Å². The summed E-state index contributed by atoms with van der Waals surface area (Å²) in [5.41, 5.74) is 0. The number of carbonyl (C=O) groups excluding carboxylic acids is 4. The number of rotatable bonds is 74. The molecule has 0 rings (SSSR count). The molecular formula is C75H146O17P2. The minimum Gasteiger partial charge on any atom is -0.462 e. The van der Waals surface area contributed by atoms with E-state index in [4.69, 9.17) is 37.0 Å². The number of hydrogen-bond donors (Lipinski definition) is 3. The standard InChI is InChI=1S/C75H146O17P2/c1-7-10-12-14-16-17-18-19-20-21-22-23-24-25-26-31-34-41-47-53-59-74(79)91-71(64-86-73(78)58-52-46-40-33-30-28-27-29-32-38-43-49-55-67(4)5)66-90-94(83,84)88-62-69(76)61-87-93(81,82)89-65-70(63-85-72(77)57-51-45-37-15-13-11-8-2)92-75(80)60-54-48-42-36-35-39-44-50-56-68(6)9-3/h67-71,76H,7-66H2,1-6H3,(H,81,82)(H,83,84)/t68?,69-,70+,71+/m0/s1. The Bertz CT molecular complexity index is 1820. The van der Waals surface area contributed by atoms with E-state index in [1.165, 1.54) is 193 Å². The van der Waals surface area contributed by atoms with Gasteiger partial charge in [0.15, 0.2) is 12.2 Å². The molecule has 0 aromatic rings. The van der Waals surface area contributed by atoms with Crippen LogP contribution in [0.3, 0.4) is 0 Å². The van der Waals surface area contributed by atoms with E-state index in [1.54, 1.807) is 0 Å². The smallest absolute Gasteiger partial charge is 0.462 e. The first-order chi connectivity index (χ1) is 45.4. The second-order valence-corrected chi connectivity index (χ2v) is 30.7. The molecule has 3 unspecified atom stereocenters. The Balaban J connectivity index is 5.18. The molecule has 0 saturated heterocycles. The van der Waals surface area contributed by atoms with Crippen LogP contribution >= 0.6 is 15.6 Å². The van der Waals surface area contributed by atoms with Gasteiger partial charge in [0.2, 0.25) is 0 Å². The van der Waals surface area contributed by atoms with E-state index in [-0.39, 0.29) is 25.7 Å². The summed E-state index contributed by atoms with van der Waals surface area (Å²) in [6, 6.07) is 0. The van der Waals surface area contributed by atoms with Crippen molar-refractivity contribution in [3.8, 4) is 0 Å². The van der Waals surface area contributed by atoms with Gasteiger partial charge in [0.25, 0.3) is 0 Å². The van der Waals surface area contributed by atoms with Crippen LogP contribution in [0.5, 0.6) is 0 Å². The molecule has 0 aromatic heterocycles. The molecular weight excluding hydrogens is 1230 g/mol. The number of phosphoric ester groups is 2. The van der Waals surface area contributed by atoms with Crippen molar-refractivity contribution < 1.29 is 80.2 Å². The van der Waals surface area contributed by atoms with Crippen molar-refractivity contribution >= 4 is 39.5 Å². The highest BCUT2D eigenvalue weighted by Gasteiger charge is 2.30. The zero-order chi connectivity index (χ0) is 69.3. The fourth-order valence-corrected chi connectivity index (χ4v) is 13.0. The van der Waals surface area contributed by atoms with Crippen LogP contribution in [-0.4, -0.2) is 96.7 Å². The average molecular weight is 1380 g/mol. The van der Waals surface area contributed by atoms with Gasteiger partial charge in [-0.05, 0) is 37.5 Å². The largest absolute Gasteiger partial charge is 0.472 e. The summed E-state index contributed by atoms with van der Waals surface area (Å²) in [5, 5.41) is 10.6. The lowest BCUT2D eigenvalue weighted by Crippen LogP contribution is -2.30. The topological polar surface area (TPSA) is 237 Å². The van der Waals surface area contributed by atoms with E-state index >= 15 is 0 Å². The summed E-state index contributed by atoms with van der Waals surface area (Å²) in [6.45, 7) is 9.55. The Morgan fingerprint density at radius 2 is 0.543 bits per heavy atom. The quantitative estimate of drug-likeness (QED) is 0.0222. The maximum Gasteiger partial charge on any atom is 0.472 e. The van der Waals surface area contributed by atoms with Gasteiger partial charge in [0.05, 0.1) is 26.4 Å². The summed E-state index contributed by atoms with van der Waals surface area (Å²) in [7, 11) is -9.90. The summed E-state index contributed by atoms with van der Waals surface area (Å²) in [5.74, 6) is -0.572. The molecule has 0 fully saturated rings. The molecule has 94 heavy (non-hydrogen) atoms. The molecule has 0 aliphatic heterocycles. The maximum absolute atomic E-state index is 13.1. The van der Waals surface area contributed by atoms with Gasteiger partial charge in [-0.15, -0.1) is 0 Å². The van der Waals surface area contributed by atoms with Crippen LogP contribution in [0.2, 0.25) is 0 Å². The van der Waals surface area contributed by atoms with Gasteiger partial charge < -0.3 is 33.8 Å². The third-order valence-corrected chi connectivity index (χ3v) is 19.7. The second-order valence-electron chi connectivity index (χ2n) is 27.8. The van der Waals surface area contributed by atoms with Gasteiger partial charge >= 0.3 is 39.5 Å². The van der Waals surface area contributed by atoms with Crippen LogP contribution in [-0.2, 0) is 65.4 Å². The maximum atomic E-state index is 13.1. The highest BCUT2D eigenvalue weighted by atomic mass is 31.2. The predicted octanol–water partition coefficient (Wildman–Crippen LogP) is 21.9. The van der Waals surface area contributed by atoms with Crippen LogP contribution < -0.4 is 0 Å². The summed E-state index contributed by atoms with van der Waals surface area (Å²) < 4.78 is 68.4. The number of ether oxygens (including phenoxy) is 4. The van der Waals surface area contributed by atoms with Crippen molar-refractivity contribution in [2.75, 3.05) is 39.6 Å². The molecule has 0 radical (unpaired) electrons. The fourth-order valence-electron chi connectivity index (χ4n) is 11.4. The highest BCUT2D eigenvalue weighted by molar-refractivity contribution is 7.47. The third kappa shape index (κ3) is 67.3. The molecule has 6 atom stereocenters. The van der Waals surface area contributed by atoms with Crippen molar-refractivity contribution in [2.24, 2.45) is 11.8 Å². The molecule has 0 saturated carbocycles. The summed E-state index contributed by atoms with van der Waals surface area (Å²) in [6.07, 6.45) is 54.3. The zero-order valence-corrected chi connectivity index (χ0v) is 63.1. The molecule has 19 heteroatoms. The van der Waals surface area contributed by atoms with E-state index in [0.717, 1.165) is 115 Å². The molecule has 0 aliphatic carbocycles. The van der Waals surface area contributed by atoms with Crippen LogP contribution in [0.15, 0.2) is 0 Å². The van der Waals surface area contributed by atoms with Gasteiger partial charge in [-0.2, -0.15) is 0 Å². The normalized spacial score (nSPS) is 14.3. The molecule has 558 valence electrons. The lowest BCUT2D eigenvalue weighted by Gasteiger charge is -2.21. The van der Waals surface area contributed by atoms with Crippen molar-refractivity contribution in [2.45, 2.75) is 407 Å². The minimum absolute atomic E-state index is 0.105. The van der Waals surface area contributed by atoms with Crippen molar-refractivity contribution in [3.63, 3.8) is 0 Å². The van der Waals surface area contributed by atoms with Crippen LogP contribution in [0.4, 0.5) is 0 Å². The fraction of sp³-hybridized carbons (Fsp3) is 0.947. The third-order valence-electron chi connectivity index (χ3n) is 17.8. The number of aliphatic hydroxyl groups is 1. The van der Waals surface area contributed by atoms with Gasteiger partial charge in [0.1, 0.15) is 19.3 Å². The first kappa shape index (κ1) is 92.1. The van der Waals surface area contributed by atoms with Gasteiger partial charge in [-0.3, -0.25) is 37.3 Å². The van der Waals surface area contributed by atoms with Crippen LogP contribution in [0.25, 0.3) is 0 Å². The van der Waals surface area contributed by atoms with E-state index in [9.17, 15) is 43.2 Å². The highest BCUT2D eigenvalue weighted by Crippen LogP contribution is 2.45. The molecule has 0 heterocycles. The Kier molecular flexibility index (Phi) is 65.5. The number of esters is 4. The molecule has 0 bridgehead atoms. The van der Waals surface area contributed by atoms with Crippen molar-refractivity contribution in [1.29, 1.82) is 0 Å². The first-order valence-electron chi connectivity index (χ1n) is 39.0. The predicted molar refractivity (Wildman–Crippen MR) is 381 cm³/mol. The minimum atomic E-state index is -4.96. The van der Waals surface area contributed by atoms with Gasteiger partial charge in [0, 0.05) is 25.7 Å². The Hall–Kier alpha value is -1.94. The molecule has 0 aliphatic rings. The Morgan fingerprint density at radius 1 is 0.309 bits per heavy atom. The number of unbranched alkanes of at least 4 members (excludes halogenated alkanes) is 43. The van der Waals surface area contributed by atoms with Crippen LogP contribution in [0.1, 0.15) is 388 Å². The van der Waals surface area contributed by atoms with E-state index in [1.807, 2.05) is 0 Å². The van der Waals surface area contributed by atoms with Crippen molar-refractivity contribution in [1.82, 2.24) is 0 Å². The summed E-state index contributed by atoms with van der Waals surface area (Å²) >= 11 is 0. The SMILES string of the molecule is CCCCCCCCCCCCCCCCCCCCCCC(=O)O[C@H](COC(=O)CCCCCCCCCCCCCCC(C)C)COP(=O)(O)OC[C@@H](O)COP(=O)(O)OC[C@@H](COC(=O)CCCCCCCCC)OC(=O)CCCCCCCCCCC(C)CC. The number of carbonyl (C=O) groups is 4.